The van der Waals surface area contributed by atoms with Crippen LogP contribution in [-0.4, -0.2) is 25.4 Å². The molecule has 2 aromatic heterocycles. The summed E-state index contributed by atoms with van der Waals surface area (Å²) < 4.78 is 7.52. The molecule has 1 amide bonds. The Bertz CT molecular complexity index is 1080. The van der Waals surface area contributed by atoms with E-state index in [1.54, 1.807) is 77.9 Å². The van der Waals surface area contributed by atoms with Crippen LogP contribution < -0.4 is 10.1 Å². The molecule has 0 fully saturated rings. The largest absolute Gasteiger partial charge is 0.439 e. The number of nitrogens with zero attached hydrogens (tertiary/aromatic N) is 4. The molecule has 138 valence electrons. The number of rotatable bonds is 5. The van der Waals surface area contributed by atoms with E-state index in [1.165, 1.54) is 6.33 Å². The van der Waals surface area contributed by atoms with Crippen molar-refractivity contribution < 1.29 is 9.53 Å². The summed E-state index contributed by atoms with van der Waals surface area (Å²) in [6.07, 6.45) is 6.51. The Morgan fingerprint density at radius 2 is 1.82 bits per heavy atom. The van der Waals surface area contributed by atoms with Crippen molar-refractivity contribution in [3.63, 3.8) is 0 Å². The summed E-state index contributed by atoms with van der Waals surface area (Å²) in [6.45, 7) is 0. The number of hydrogen-bond acceptors (Lipinski definition) is 5. The molecule has 2 heterocycles. The Labute approximate surface area is 165 Å². The molecule has 0 radical (unpaired) electrons. The maximum absolute atomic E-state index is 12.2. The molecule has 0 aliphatic heterocycles. The van der Waals surface area contributed by atoms with Crippen molar-refractivity contribution in [1.29, 1.82) is 0 Å². The second-order valence-corrected chi connectivity index (χ2v) is 6.21. The summed E-state index contributed by atoms with van der Waals surface area (Å²) >= 11 is 5.84. The highest BCUT2D eigenvalue weighted by molar-refractivity contribution is 6.30. The van der Waals surface area contributed by atoms with Gasteiger partial charge in [-0.3, -0.25) is 9.36 Å². The monoisotopic (exact) mass is 391 g/mol. The molecule has 0 unspecified atom stereocenters. The lowest BCUT2D eigenvalue weighted by Gasteiger charge is -2.08. The molecule has 0 aliphatic rings. The molecule has 4 rings (SSSR count). The molecule has 4 aromatic rings. The molecular formula is C20H14ClN5O2. The fourth-order valence-corrected chi connectivity index (χ4v) is 2.58. The van der Waals surface area contributed by atoms with Gasteiger partial charge in [0.25, 0.3) is 5.91 Å². The maximum atomic E-state index is 12.2. The average Bonchev–Trinajstić information content (AvgIpc) is 3.25. The zero-order valence-electron chi connectivity index (χ0n) is 14.5. The predicted octanol–water partition coefficient (Wildman–Crippen LogP) is 4.36. The van der Waals surface area contributed by atoms with Crippen LogP contribution in [0.25, 0.3) is 5.82 Å². The number of nitrogens with one attached hydrogen (secondary N) is 1. The van der Waals surface area contributed by atoms with E-state index in [2.05, 4.69) is 20.3 Å². The van der Waals surface area contributed by atoms with E-state index in [9.17, 15) is 4.79 Å². The Morgan fingerprint density at radius 1 is 1.04 bits per heavy atom. The zero-order chi connectivity index (χ0) is 19.3. The van der Waals surface area contributed by atoms with Crippen molar-refractivity contribution in [2.75, 3.05) is 5.32 Å². The zero-order valence-corrected chi connectivity index (χ0v) is 15.2. The van der Waals surface area contributed by atoms with Crippen LogP contribution >= 0.6 is 11.6 Å². The van der Waals surface area contributed by atoms with E-state index in [-0.39, 0.29) is 5.91 Å². The minimum absolute atomic E-state index is 0.217. The van der Waals surface area contributed by atoms with Gasteiger partial charge in [0, 0.05) is 34.7 Å². The Hall–Kier alpha value is -3.71. The molecular weight excluding hydrogens is 378 g/mol. The third kappa shape index (κ3) is 4.16. The van der Waals surface area contributed by atoms with E-state index in [1.807, 2.05) is 0 Å². The van der Waals surface area contributed by atoms with Gasteiger partial charge in [-0.25, -0.2) is 15.0 Å². The van der Waals surface area contributed by atoms with Crippen molar-refractivity contribution in [1.82, 2.24) is 19.5 Å². The van der Waals surface area contributed by atoms with Crippen LogP contribution in [0.1, 0.15) is 10.4 Å². The lowest BCUT2D eigenvalue weighted by Crippen LogP contribution is -2.11. The van der Waals surface area contributed by atoms with Crippen LogP contribution in [0.15, 0.2) is 79.6 Å². The SMILES string of the molecule is O=C(Nc1ccc(Oc2cc(-n3ccnc3)ncn2)cc1)c1ccc(Cl)cc1. The fourth-order valence-electron chi connectivity index (χ4n) is 2.45. The molecule has 1 N–H and O–H groups in total. The predicted molar refractivity (Wildman–Crippen MR) is 105 cm³/mol. The Kier molecular flexibility index (Phi) is 4.99. The third-order valence-electron chi connectivity index (χ3n) is 3.84. The van der Waals surface area contributed by atoms with Gasteiger partial charge in [0.15, 0.2) is 0 Å². The topological polar surface area (TPSA) is 81.9 Å². The lowest BCUT2D eigenvalue weighted by molar-refractivity contribution is 0.102. The van der Waals surface area contributed by atoms with E-state index in [0.29, 0.717) is 33.7 Å². The number of carbonyl (C=O) groups is 1. The van der Waals surface area contributed by atoms with E-state index in [4.69, 9.17) is 16.3 Å². The van der Waals surface area contributed by atoms with Crippen molar-refractivity contribution in [2.24, 2.45) is 0 Å². The Morgan fingerprint density at radius 3 is 2.54 bits per heavy atom. The lowest BCUT2D eigenvalue weighted by atomic mass is 10.2. The number of halogens is 1. The summed E-state index contributed by atoms with van der Waals surface area (Å²) in [5.41, 5.74) is 1.17. The van der Waals surface area contributed by atoms with Gasteiger partial charge >= 0.3 is 0 Å². The highest BCUT2D eigenvalue weighted by Gasteiger charge is 2.07. The fraction of sp³-hybridized carbons (Fsp3) is 0. The van der Waals surface area contributed by atoms with Crippen molar-refractivity contribution in [3.05, 3.63) is 90.2 Å². The molecule has 0 aliphatic carbocycles. The van der Waals surface area contributed by atoms with Gasteiger partial charge in [0.1, 0.15) is 24.2 Å². The van der Waals surface area contributed by atoms with E-state index in [0.717, 1.165) is 0 Å². The summed E-state index contributed by atoms with van der Waals surface area (Å²) in [7, 11) is 0. The summed E-state index contributed by atoms with van der Waals surface area (Å²) in [5, 5.41) is 3.41. The second-order valence-electron chi connectivity index (χ2n) is 5.77. The number of benzene rings is 2. The van der Waals surface area contributed by atoms with Gasteiger partial charge in [-0.15, -0.1) is 0 Å². The highest BCUT2D eigenvalue weighted by atomic mass is 35.5. The van der Waals surface area contributed by atoms with Crippen molar-refractivity contribution in [3.8, 4) is 17.4 Å². The van der Waals surface area contributed by atoms with Gasteiger partial charge in [0.05, 0.1) is 0 Å². The maximum Gasteiger partial charge on any atom is 0.255 e. The molecule has 28 heavy (non-hydrogen) atoms. The van der Waals surface area contributed by atoms with E-state index >= 15 is 0 Å². The molecule has 0 atom stereocenters. The van der Waals surface area contributed by atoms with E-state index < -0.39 is 0 Å². The van der Waals surface area contributed by atoms with Crippen LogP contribution in [0, 0.1) is 0 Å². The molecule has 2 aromatic carbocycles. The minimum Gasteiger partial charge on any atom is -0.439 e. The normalized spacial score (nSPS) is 10.5. The van der Waals surface area contributed by atoms with Crippen LogP contribution in [0.5, 0.6) is 11.6 Å². The number of hydrogen-bond donors (Lipinski definition) is 1. The molecule has 0 bridgehead atoms. The first-order chi connectivity index (χ1) is 13.7. The summed E-state index contributed by atoms with van der Waals surface area (Å²) in [5.74, 6) is 1.41. The second kappa shape index (κ2) is 7.89. The summed E-state index contributed by atoms with van der Waals surface area (Å²) in [4.78, 5) is 24.5. The first-order valence-corrected chi connectivity index (χ1v) is 8.70. The van der Waals surface area contributed by atoms with Crippen molar-refractivity contribution >= 4 is 23.2 Å². The van der Waals surface area contributed by atoms with Crippen molar-refractivity contribution in [2.45, 2.75) is 0 Å². The van der Waals surface area contributed by atoms with Gasteiger partial charge in [0.2, 0.25) is 5.88 Å². The standard InChI is InChI=1S/C20H14ClN5O2/c21-15-3-1-14(2-4-15)20(27)25-16-5-7-17(8-6-16)28-19-11-18(23-12-24-19)26-10-9-22-13-26/h1-13H,(H,25,27). The van der Waals surface area contributed by atoms with Crippen LogP contribution in [0.2, 0.25) is 5.02 Å². The highest BCUT2D eigenvalue weighted by Crippen LogP contribution is 2.22. The van der Waals surface area contributed by atoms with Gasteiger partial charge in [-0.2, -0.15) is 0 Å². The molecule has 0 spiro atoms. The minimum atomic E-state index is -0.217. The molecule has 0 saturated carbocycles. The van der Waals surface area contributed by atoms with Crippen LogP contribution in [-0.2, 0) is 0 Å². The van der Waals surface area contributed by atoms with Crippen LogP contribution in [0.4, 0.5) is 5.69 Å². The molecule has 7 nitrogen and oxygen atoms in total. The number of carbonyl (C=O) groups excluding carboxylic acids is 1. The van der Waals surface area contributed by atoms with Gasteiger partial charge < -0.3 is 10.1 Å². The number of aromatic nitrogens is 4. The number of ether oxygens (including phenoxy) is 1. The molecule has 8 heteroatoms. The first-order valence-electron chi connectivity index (χ1n) is 8.32. The number of imidazole rings is 1. The van der Waals surface area contributed by atoms with Gasteiger partial charge in [-0.05, 0) is 48.5 Å². The average molecular weight is 392 g/mol. The van der Waals surface area contributed by atoms with Crippen LogP contribution in [0.3, 0.4) is 0 Å². The number of anilines is 1. The van der Waals surface area contributed by atoms with Gasteiger partial charge in [-0.1, -0.05) is 11.6 Å². The summed E-state index contributed by atoms with van der Waals surface area (Å²) in [6, 6.07) is 15.4. The third-order valence-corrected chi connectivity index (χ3v) is 4.09. The number of amides is 1. The smallest absolute Gasteiger partial charge is 0.255 e. The Balaban J connectivity index is 1.43. The first kappa shape index (κ1) is 17.7. The molecule has 0 saturated heterocycles. The quantitative estimate of drug-likeness (QED) is 0.546.